The molecule has 4 rings (SSSR count). The molecule has 0 aromatic rings. The van der Waals surface area contributed by atoms with Crippen molar-refractivity contribution in [1.82, 2.24) is 4.90 Å². The van der Waals surface area contributed by atoms with E-state index in [0.717, 1.165) is 11.1 Å². The first kappa shape index (κ1) is 49.9. The molecule has 0 radical (unpaired) electrons. The Hall–Kier alpha value is -2.78. The van der Waals surface area contributed by atoms with E-state index < -0.39 is 83.9 Å². The van der Waals surface area contributed by atoms with Crippen LogP contribution in [0.1, 0.15) is 119 Å². The molecule has 0 unspecified atom stereocenters. The molecule has 340 valence electrons. The number of rotatable bonds is 9. The predicted octanol–water partition coefficient (Wildman–Crippen LogP) is 6.07. The van der Waals surface area contributed by atoms with E-state index in [0.29, 0.717) is 51.4 Å². The number of hydrogen-bond acceptors (Lipinski definition) is 12. The van der Waals surface area contributed by atoms with E-state index >= 15 is 0 Å². The number of ether oxygens (including phenoxy) is 6. The summed E-state index contributed by atoms with van der Waals surface area (Å²) in [6.45, 7) is 17.4. The Balaban J connectivity index is 1.84. The van der Waals surface area contributed by atoms with Crippen LogP contribution in [-0.2, 0) is 47.6 Å². The molecule has 4 aliphatic rings. The molecule has 60 heavy (non-hydrogen) atoms. The molecule has 0 aromatic carbocycles. The predicted molar refractivity (Wildman–Crippen MR) is 227 cm³/mol. The minimum Gasteiger partial charge on any atom is -0.456 e. The van der Waals surface area contributed by atoms with Gasteiger partial charge in [0.15, 0.2) is 0 Å². The minimum absolute atomic E-state index is 0.0227. The summed E-state index contributed by atoms with van der Waals surface area (Å²) in [7, 11) is 4.67. The molecule has 14 atom stereocenters. The Morgan fingerprint density at radius 3 is 2.25 bits per heavy atom. The van der Waals surface area contributed by atoms with Crippen molar-refractivity contribution in [2.75, 3.05) is 27.9 Å². The van der Waals surface area contributed by atoms with Crippen molar-refractivity contribution < 1.29 is 57.8 Å². The van der Waals surface area contributed by atoms with Gasteiger partial charge in [-0.3, -0.25) is 14.4 Å². The summed E-state index contributed by atoms with van der Waals surface area (Å²) in [5.74, 6) is -7.12. The summed E-state index contributed by atoms with van der Waals surface area (Å²) in [5.41, 5.74) is 1.75. The molecule has 1 aliphatic carbocycles. The Morgan fingerprint density at radius 2 is 1.62 bits per heavy atom. The van der Waals surface area contributed by atoms with Crippen LogP contribution in [-0.4, -0.2) is 127 Å². The second-order valence-corrected chi connectivity index (χ2v) is 18.4. The topological polar surface area (TPSA) is 167 Å². The number of allylic oxidation sites excluding steroid dienone is 4. The fraction of sp³-hybridized carbons (Fsp3) is 0.787. The van der Waals surface area contributed by atoms with Crippen LogP contribution in [0, 0.1) is 29.6 Å². The Kier molecular flexibility index (Phi) is 18.7. The number of aliphatic hydroxyl groups excluding tert-OH is 1. The Morgan fingerprint density at radius 1 is 0.950 bits per heavy atom. The lowest BCUT2D eigenvalue weighted by Crippen LogP contribution is -2.64. The van der Waals surface area contributed by atoms with Crippen LogP contribution in [0.2, 0.25) is 0 Å². The molecule has 13 nitrogen and oxygen atoms in total. The number of methoxy groups -OCH3 is 3. The normalized spacial score (nSPS) is 39.6. The van der Waals surface area contributed by atoms with Crippen LogP contribution >= 0.6 is 0 Å². The number of carbonyl (C=O) groups is 4. The van der Waals surface area contributed by atoms with Crippen LogP contribution < -0.4 is 0 Å². The molecular formula is C47H75NO12. The van der Waals surface area contributed by atoms with E-state index in [9.17, 15) is 29.4 Å². The number of ketones is 2. The van der Waals surface area contributed by atoms with Crippen molar-refractivity contribution in [3.8, 4) is 0 Å². The quantitative estimate of drug-likeness (QED) is 0.157. The zero-order valence-corrected chi connectivity index (χ0v) is 37.9. The summed E-state index contributed by atoms with van der Waals surface area (Å²) in [5, 5.41) is 22.6. The highest BCUT2D eigenvalue weighted by Gasteiger charge is 2.56. The smallest absolute Gasteiger partial charge is 0.329 e. The van der Waals surface area contributed by atoms with Crippen molar-refractivity contribution in [3.63, 3.8) is 0 Å². The zero-order valence-electron chi connectivity index (χ0n) is 37.9. The number of piperidine rings is 1. The largest absolute Gasteiger partial charge is 0.456 e. The van der Waals surface area contributed by atoms with Gasteiger partial charge in [0.05, 0.1) is 36.6 Å². The second-order valence-electron chi connectivity index (χ2n) is 18.4. The second kappa shape index (κ2) is 22.5. The molecule has 1 amide bonds. The van der Waals surface area contributed by atoms with Gasteiger partial charge in [-0.05, 0) is 109 Å². The first-order valence-corrected chi connectivity index (χ1v) is 22.3. The molecule has 2 bridgehead atoms. The molecule has 2 saturated heterocycles. The number of esters is 1. The number of fused-ring (bicyclic) bond motifs is 3. The molecule has 3 aliphatic heterocycles. The lowest BCUT2D eigenvalue weighted by Gasteiger charge is -2.47. The molecule has 1 saturated carbocycles. The Labute approximate surface area is 358 Å². The van der Waals surface area contributed by atoms with E-state index in [4.69, 9.17) is 28.4 Å². The molecule has 3 heterocycles. The Bertz CT molecular complexity index is 1540. The first-order valence-electron chi connectivity index (χ1n) is 22.3. The maximum absolute atomic E-state index is 14.6. The van der Waals surface area contributed by atoms with Gasteiger partial charge in [-0.2, -0.15) is 0 Å². The molecule has 0 spiro atoms. The highest BCUT2D eigenvalue weighted by atomic mass is 16.7. The van der Waals surface area contributed by atoms with Crippen LogP contribution in [0.15, 0.2) is 36.0 Å². The van der Waals surface area contributed by atoms with Crippen molar-refractivity contribution in [2.45, 2.75) is 180 Å². The molecule has 0 aromatic heterocycles. The van der Waals surface area contributed by atoms with E-state index in [1.54, 1.807) is 34.3 Å². The van der Waals surface area contributed by atoms with E-state index in [-0.39, 0.29) is 55.6 Å². The summed E-state index contributed by atoms with van der Waals surface area (Å²) < 4.78 is 36.7. The third-order valence-corrected chi connectivity index (χ3v) is 13.3. The number of nitrogens with zero attached hydrogens (tertiary/aromatic N) is 1. The average Bonchev–Trinajstić information content (AvgIpc) is 3.21. The lowest BCUT2D eigenvalue weighted by atomic mass is 9.81. The van der Waals surface area contributed by atoms with Crippen LogP contribution in [0.4, 0.5) is 0 Å². The lowest BCUT2D eigenvalue weighted by molar-refractivity contribution is -0.302. The number of carbonyl (C=O) groups excluding carboxylic acids is 4. The van der Waals surface area contributed by atoms with Crippen molar-refractivity contribution in [3.05, 3.63) is 36.0 Å². The number of hydrogen-bond donors (Lipinski definition) is 2. The van der Waals surface area contributed by atoms with Crippen LogP contribution in [0.5, 0.6) is 0 Å². The SMILES string of the molecule is C=CC[C@@H]1/C=C(\C)C[C@H](C)C[C@H](OC)[C@H]2O[C@@](O)(C(=O)C(=O)N3CCCC[C@H]3C(=O)O[C@H](/C(C)=C/[C@@H]3CC[C@@H](O)[C@H](OC)C3)[C@H](C)[C@@H](OC(C)C)CC1=O)[C@H](C)C[C@@H]2OC. The molecule has 3 fully saturated rings. The standard InChI is InChI=1S/C47H75NO12/c1-12-15-34-21-28(4)20-29(5)22-40(56-10)43-41(57-11)24-31(7)47(54,60-43)44(51)45(52)48-19-14-13-16-35(48)46(53)59-42(32(8)38(26-37(34)50)58-27(2)3)30(6)23-33-17-18-36(49)39(25-33)55-9/h12,21,23,27,29,31-36,38-43,49,54H,1,13-20,22,24-26H2,2-11H3/b28-21+,30-23+/t29-,31+,32+,33-,34+,35-,36+,38-,39+,40-,41-,42+,43+,47+/m0/s1. The van der Waals surface area contributed by atoms with E-state index in [1.165, 1.54) is 4.90 Å². The minimum atomic E-state index is -2.50. The molecular weight excluding hydrogens is 771 g/mol. The van der Waals surface area contributed by atoms with Gasteiger partial charge in [0.1, 0.15) is 24.0 Å². The van der Waals surface area contributed by atoms with Crippen molar-refractivity contribution >= 4 is 23.4 Å². The van der Waals surface area contributed by atoms with Gasteiger partial charge in [0, 0.05) is 52.0 Å². The molecule has 2 N–H and O–H groups in total. The summed E-state index contributed by atoms with van der Waals surface area (Å²) >= 11 is 0. The van der Waals surface area contributed by atoms with Gasteiger partial charge in [-0.1, -0.05) is 44.6 Å². The third-order valence-electron chi connectivity index (χ3n) is 13.3. The maximum Gasteiger partial charge on any atom is 0.329 e. The first-order chi connectivity index (χ1) is 28.4. The van der Waals surface area contributed by atoms with E-state index in [2.05, 4.69) is 19.6 Å². The molecule has 13 heteroatoms. The summed E-state index contributed by atoms with van der Waals surface area (Å²) in [6.07, 6.45) is 6.16. The van der Waals surface area contributed by atoms with Crippen LogP contribution in [0.3, 0.4) is 0 Å². The van der Waals surface area contributed by atoms with Crippen molar-refractivity contribution in [2.24, 2.45) is 29.6 Å². The number of cyclic esters (lactones) is 1. The fourth-order valence-corrected chi connectivity index (χ4v) is 9.93. The summed E-state index contributed by atoms with van der Waals surface area (Å²) in [4.78, 5) is 58.8. The monoisotopic (exact) mass is 846 g/mol. The summed E-state index contributed by atoms with van der Waals surface area (Å²) in [6, 6.07) is -1.11. The highest BCUT2D eigenvalue weighted by Crippen LogP contribution is 2.39. The number of Topliss-reactive ketones (excluding diaryl/α,β-unsaturated/α-hetero) is 2. The van der Waals surface area contributed by atoms with Crippen molar-refractivity contribution in [1.29, 1.82) is 0 Å². The number of aliphatic hydroxyl groups is 2. The van der Waals surface area contributed by atoms with E-state index in [1.807, 2.05) is 40.7 Å². The van der Waals surface area contributed by atoms with Gasteiger partial charge in [0.2, 0.25) is 5.79 Å². The highest BCUT2D eigenvalue weighted by molar-refractivity contribution is 6.39. The van der Waals surface area contributed by atoms with Crippen LogP contribution in [0.25, 0.3) is 0 Å². The van der Waals surface area contributed by atoms with Gasteiger partial charge in [0.25, 0.3) is 11.7 Å². The average molecular weight is 846 g/mol. The number of amides is 1. The maximum atomic E-state index is 14.6. The fourth-order valence-electron chi connectivity index (χ4n) is 9.93. The third kappa shape index (κ3) is 12.2. The zero-order chi connectivity index (χ0) is 44.5. The van der Waals surface area contributed by atoms with Gasteiger partial charge in [-0.15, -0.1) is 6.58 Å². The van der Waals surface area contributed by atoms with Gasteiger partial charge < -0.3 is 43.5 Å². The van der Waals surface area contributed by atoms with Gasteiger partial charge in [-0.25, -0.2) is 4.79 Å². The van der Waals surface area contributed by atoms with Gasteiger partial charge >= 0.3 is 5.97 Å².